The van der Waals surface area contributed by atoms with Crippen LogP contribution in [0.2, 0.25) is 0 Å². The molecule has 0 aliphatic heterocycles. The molecule has 0 saturated carbocycles. The molecule has 2 rings (SSSR count). The number of H-pyrrole nitrogens is 1. The van der Waals surface area contributed by atoms with Crippen molar-refractivity contribution in [3.05, 3.63) is 36.0 Å². The highest BCUT2D eigenvalue weighted by atomic mass is 31.2. The molecular weight excluding hydrogens is 295 g/mol. The van der Waals surface area contributed by atoms with E-state index in [1.807, 2.05) is 30.5 Å². The van der Waals surface area contributed by atoms with Crippen molar-refractivity contribution in [3.8, 4) is 0 Å². The van der Waals surface area contributed by atoms with Crippen LogP contribution < -0.4 is 5.32 Å². The van der Waals surface area contributed by atoms with Crippen LogP contribution in [0.15, 0.2) is 30.5 Å². The quantitative estimate of drug-likeness (QED) is 0.491. The van der Waals surface area contributed by atoms with Crippen LogP contribution in [-0.2, 0) is 15.8 Å². The summed E-state index contributed by atoms with van der Waals surface area (Å²) in [5.74, 6) is -1.12. The van der Waals surface area contributed by atoms with Gasteiger partial charge in [-0.05, 0) is 24.5 Å². The number of carboxylic acids is 1. The number of aromatic amines is 1. The Morgan fingerprint density at radius 3 is 2.71 bits per heavy atom. The average Bonchev–Trinajstić information content (AvgIpc) is 2.80. The summed E-state index contributed by atoms with van der Waals surface area (Å²) in [5.41, 5.74) is 1.96. The smallest absolute Gasteiger partial charge is 0.339 e. The average molecular weight is 312 g/mol. The van der Waals surface area contributed by atoms with Crippen molar-refractivity contribution in [1.29, 1.82) is 0 Å². The van der Waals surface area contributed by atoms with Crippen LogP contribution in [0.5, 0.6) is 0 Å². The fraction of sp³-hybridized carbons (Fsp3) is 0.308. The first-order chi connectivity index (χ1) is 9.87. The summed E-state index contributed by atoms with van der Waals surface area (Å²) in [5, 5.41) is 12.5. The summed E-state index contributed by atoms with van der Waals surface area (Å²) in [4.78, 5) is 31.8. The van der Waals surface area contributed by atoms with Gasteiger partial charge in [-0.25, -0.2) is 0 Å². The molecule has 1 atom stereocenters. The first-order valence-electron chi connectivity index (χ1n) is 6.42. The molecule has 1 aromatic carbocycles. The Morgan fingerprint density at radius 2 is 2.05 bits per heavy atom. The second kappa shape index (κ2) is 6.41. The predicted octanol–water partition coefficient (Wildman–Crippen LogP) is 1.28. The minimum Gasteiger partial charge on any atom is -0.480 e. The standard InChI is InChI=1S/C13H17N2O5P/c16-13(17)12(15-8-21(18,19)20)6-5-9-7-14-11-4-2-1-3-10(9)11/h1-4,7,12,14-15H,5-6,8H2,(H,16,17)(H2,18,19,20). The number of rotatable bonds is 7. The zero-order chi connectivity index (χ0) is 15.5. The molecule has 1 heterocycles. The normalized spacial score (nSPS) is 13.4. The third-order valence-corrected chi connectivity index (χ3v) is 3.81. The molecule has 7 nitrogen and oxygen atoms in total. The first kappa shape index (κ1) is 15.7. The second-order valence-corrected chi connectivity index (χ2v) is 6.46. The molecule has 2 aromatic rings. The molecule has 1 aromatic heterocycles. The van der Waals surface area contributed by atoms with E-state index in [1.165, 1.54) is 0 Å². The lowest BCUT2D eigenvalue weighted by Crippen LogP contribution is -2.37. The predicted molar refractivity (Wildman–Crippen MR) is 78.1 cm³/mol. The van der Waals surface area contributed by atoms with Crippen LogP contribution in [0.25, 0.3) is 10.9 Å². The van der Waals surface area contributed by atoms with Gasteiger partial charge >= 0.3 is 13.6 Å². The van der Waals surface area contributed by atoms with Crippen LogP contribution >= 0.6 is 7.60 Å². The van der Waals surface area contributed by atoms with Gasteiger partial charge in [0.25, 0.3) is 0 Å². The first-order valence-corrected chi connectivity index (χ1v) is 8.22. The lowest BCUT2D eigenvalue weighted by Gasteiger charge is -2.14. The van der Waals surface area contributed by atoms with E-state index < -0.39 is 25.9 Å². The van der Waals surface area contributed by atoms with Crippen molar-refractivity contribution in [2.75, 3.05) is 6.29 Å². The number of benzene rings is 1. The van der Waals surface area contributed by atoms with Crippen molar-refractivity contribution in [1.82, 2.24) is 10.3 Å². The lowest BCUT2D eigenvalue weighted by atomic mass is 10.0. The topological polar surface area (TPSA) is 123 Å². The van der Waals surface area contributed by atoms with Crippen molar-refractivity contribution in [2.24, 2.45) is 0 Å². The third-order valence-electron chi connectivity index (χ3n) is 3.22. The minimum absolute atomic E-state index is 0.247. The van der Waals surface area contributed by atoms with Gasteiger partial charge in [0.2, 0.25) is 0 Å². The van der Waals surface area contributed by atoms with E-state index in [0.29, 0.717) is 6.42 Å². The number of hydrogen-bond acceptors (Lipinski definition) is 3. The number of fused-ring (bicyclic) bond motifs is 1. The molecule has 21 heavy (non-hydrogen) atoms. The van der Waals surface area contributed by atoms with Crippen molar-refractivity contribution in [2.45, 2.75) is 18.9 Å². The summed E-state index contributed by atoms with van der Waals surface area (Å²) in [6.45, 7) is 0. The summed E-state index contributed by atoms with van der Waals surface area (Å²) < 4.78 is 10.8. The van der Waals surface area contributed by atoms with E-state index >= 15 is 0 Å². The molecule has 8 heteroatoms. The molecular formula is C13H17N2O5P. The fourth-order valence-electron chi connectivity index (χ4n) is 2.18. The Labute approximate surface area is 121 Å². The van der Waals surface area contributed by atoms with Crippen molar-refractivity contribution in [3.63, 3.8) is 0 Å². The van der Waals surface area contributed by atoms with Gasteiger partial charge in [-0.1, -0.05) is 18.2 Å². The maximum Gasteiger partial charge on any atom is 0.339 e. The van der Waals surface area contributed by atoms with Gasteiger partial charge in [0.05, 0.1) is 6.29 Å². The maximum absolute atomic E-state index is 11.1. The number of para-hydroxylation sites is 1. The van der Waals surface area contributed by atoms with Gasteiger partial charge in [0, 0.05) is 17.1 Å². The SMILES string of the molecule is O=C(O)C(CCc1c[nH]c2ccccc12)NCP(=O)(O)O. The molecule has 0 aliphatic rings. The van der Waals surface area contributed by atoms with E-state index in [0.717, 1.165) is 16.5 Å². The molecule has 0 fully saturated rings. The zero-order valence-electron chi connectivity index (χ0n) is 11.2. The Morgan fingerprint density at radius 1 is 1.33 bits per heavy atom. The van der Waals surface area contributed by atoms with Crippen LogP contribution in [0.4, 0.5) is 0 Å². The highest BCUT2D eigenvalue weighted by Gasteiger charge is 2.21. The molecule has 114 valence electrons. The monoisotopic (exact) mass is 312 g/mol. The van der Waals surface area contributed by atoms with E-state index in [1.54, 1.807) is 0 Å². The van der Waals surface area contributed by atoms with E-state index in [-0.39, 0.29) is 6.42 Å². The van der Waals surface area contributed by atoms with Gasteiger partial charge in [-0.3, -0.25) is 14.7 Å². The van der Waals surface area contributed by atoms with Gasteiger partial charge in [0.1, 0.15) is 6.04 Å². The third kappa shape index (κ3) is 4.41. The summed E-state index contributed by atoms with van der Waals surface area (Å²) in [6.07, 6.45) is 1.93. The van der Waals surface area contributed by atoms with E-state index in [9.17, 15) is 9.36 Å². The van der Waals surface area contributed by atoms with Crippen LogP contribution in [-0.4, -0.2) is 38.2 Å². The molecule has 0 amide bonds. The molecule has 0 aliphatic carbocycles. The van der Waals surface area contributed by atoms with Gasteiger partial charge in [0.15, 0.2) is 0 Å². The Kier molecular flexibility index (Phi) is 4.80. The molecule has 5 N–H and O–H groups in total. The number of aryl methyl sites for hydroxylation is 1. The van der Waals surface area contributed by atoms with Gasteiger partial charge in [-0.15, -0.1) is 0 Å². The Bertz CT molecular complexity index is 678. The molecule has 0 bridgehead atoms. The lowest BCUT2D eigenvalue weighted by molar-refractivity contribution is -0.139. The number of carboxylic acid groups (broad SMARTS) is 1. The van der Waals surface area contributed by atoms with Crippen LogP contribution in [0.3, 0.4) is 0 Å². The zero-order valence-corrected chi connectivity index (χ0v) is 12.1. The second-order valence-electron chi connectivity index (χ2n) is 4.82. The summed E-state index contributed by atoms with van der Waals surface area (Å²) >= 11 is 0. The van der Waals surface area contributed by atoms with E-state index in [2.05, 4.69) is 10.3 Å². The highest BCUT2D eigenvalue weighted by molar-refractivity contribution is 7.51. The largest absolute Gasteiger partial charge is 0.480 e. The van der Waals surface area contributed by atoms with Gasteiger partial charge < -0.3 is 19.9 Å². The Balaban J connectivity index is 2.01. The van der Waals surface area contributed by atoms with Crippen molar-refractivity contribution >= 4 is 24.5 Å². The molecule has 0 saturated heterocycles. The van der Waals surface area contributed by atoms with Crippen LogP contribution in [0.1, 0.15) is 12.0 Å². The fourth-order valence-corrected chi connectivity index (χ4v) is 2.64. The maximum atomic E-state index is 11.1. The highest BCUT2D eigenvalue weighted by Crippen LogP contribution is 2.32. The minimum atomic E-state index is -4.26. The van der Waals surface area contributed by atoms with Crippen molar-refractivity contribution < 1.29 is 24.3 Å². The Hall–Kier alpha value is -1.66. The summed E-state index contributed by atoms with van der Waals surface area (Å²) in [7, 11) is -4.26. The van der Waals surface area contributed by atoms with Gasteiger partial charge in [-0.2, -0.15) is 0 Å². The number of aliphatic carboxylic acids is 1. The van der Waals surface area contributed by atoms with E-state index in [4.69, 9.17) is 14.9 Å². The number of carbonyl (C=O) groups is 1. The number of aromatic nitrogens is 1. The molecule has 0 spiro atoms. The number of nitrogens with one attached hydrogen (secondary N) is 2. The van der Waals surface area contributed by atoms with Crippen LogP contribution in [0, 0.1) is 0 Å². The number of hydrogen-bond donors (Lipinski definition) is 5. The molecule has 1 unspecified atom stereocenters. The molecule has 0 radical (unpaired) electrons. The summed E-state index contributed by atoms with van der Waals surface area (Å²) in [6, 6.07) is 6.69.